The number of ether oxygens (including phenoxy) is 1. The van der Waals surface area contributed by atoms with E-state index in [0.29, 0.717) is 36.3 Å². The highest BCUT2D eigenvalue weighted by molar-refractivity contribution is 5.99. The second kappa shape index (κ2) is 8.72. The molecule has 0 radical (unpaired) electrons. The molecule has 2 aliphatic heterocycles. The van der Waals surface area contributed by atoms with E-state index in [4.69, 9.17) is 4.74 Å². The zero-order valence-corrected chi connectivity index (χ0v) is 18.7. The third-order valence-corrected chi connectivity index (χ3v) is 6.92. The smallest absolute Gasteiger partial charge is 0.256 e. The zero-order chi connectivity index (χ0) is 23.1. The van der Waals surface area contributed by atoms with Crippen LogP contribution < -0.4 is 5.32 Å². The highest BCUT2D eigenvalue weighted by Gasteiger charge is 2.43. The van der Waals surface area contributed by atoms with Crippen molar-refractivity contribution in [3.05, 3.63) is 59.3 Å². The lowest BCUT2D eigenvalue weighted by atomic mass is 9.98. The first-order valence-corrected chi connectivity index (χ1v) is 11.3. The van der Waals surface area contributed by atoms with E-state index >= 15 is 0 Å². The summed E-state index contributed by atoms with van der Waals surface area (Å²) in [6, 6.07) is 6.16. The molecular formula is C24H28FN5O3. The number of hydrogen-bond donors (Lipinski definition) is 2. The fourth-order valence-corrected chi connectivity index (χ4v) is 5.35. The van der Waals surface area contributed by atoms with Gasteiger partial charge in [0.25, 0.3) is 5.91 Å². The lowest BCUT2D eigenvalue weighted by molar-refractivity contribution is 0.0286. The van der Waals surface area contributed by atoms with Crippen molar-refractivity contribution in [1.82, 2.24) is 19.5 Å². The molecule has 2 fully saturated rings. The molecule has 8 nitrogen and oxygen atoms in total. The van der Waals surface area contributed by atoms with Crippen LogP contribution in [-0.4, -0.2) is 62.4 Å². The lowest BCUT2D eigenvalue weighted by Crippen LogP contribution is -2.48. The number of benzene rings is 1. The van der Waals surface area contributed by atoms with Gasteiger partial charge in [-0.05, 0) is 55.9 Å². The minimum atomic E-state index is -0.327. The first kappa shape index (κ1) is 21.8. The van der Waals surface area contributed by atoms with Crippen molar-refractivity contribution in [3.8, 4) is 0 Å². The molecule has 2 N–H and O–H groups in total. The van der Waals surface area contributed by atoms with E-state index in [1.807, 2.05) is 11.8 Å². The number of fused-ring (bicyclic) bond motifs is 3. The molecule has 3 aromatic rings. The van der Waals surface area contributed by atoms with Crippen molar-refractivity contribution >= 4 is 17.2 Å². The van der Waals surface area contributed by atoms with Crippen LogP contribution in [0.2, 0.25) is 0 Å². The molecule has 174 valence electrons. The third-order valence-electron chi connectivity index (χ3n) is 6.92. The maximum Gasteiger partial charge on any atom is 0.256 e. The Kier molecular flexibility index (Phi) is 5.76. The quantitative estimate of drug-likeness (QED) is 0.596. The average molecular weight is 454 g/mol. The van der Waals surface area contributed by atoms with Crippen LogP contribution in [0.1, 0.15) is 53.2 Å². The summed E-state index contributed by atoms with van der Waals surface area (Å²) in [7, 11) is 1.61. The van der Waals surface area contributed by atoms with E-state index in [2.05, 4.69) is 15.4 Å². The largest absolute Gasteiger partial charge is 0.393 e. The molecule has 1 amide bonds. The number of carbonyl (C=O) groups is 1. The third kappa shape index (κ3) is 3.95. The fourth-order valence-electron chi connectivity index (χ4n) is 5.35. The van der Waals surface area contributed by atoms with Gasteiger partial charge in [0.15, 0.2) is 5.82 Å². The van der Waals surface area contributed by atoms with Crippen LogP contribution in [0.4, 0.5) is 10.2 Å². The number of aliphatic hydroxyl groups excluding tert-OH is 1. The van der Waals surface area contributed by atoms with Crippen LogP contribution in [0, 0.1) is 12.7 Å². The Morgan fingerprint density at radius 1 is 1.27 bits per heavy atom. The minimum absolute atomic E-state index is 0.0182. The van der Waals surface area contributed by atoms with Crippen LogP contribution in [0.25, 0.3) is 5.52 Å². The number of aliphatic hydroxyl groups is 1. The number of carbonyl (C=O) groups excluding carboxylic acids is 1. The van der Waals surface area contributed by atoms with E-state index in [-0.39, 0.29) is 36.0 Å². The molecule has 4 heterocycles. The molecule has 0 aliphatic carbocycles. The summed E-state index contributed by atoms with van der Waals surface area (Å²) < 4.78 is 20.5. The standard InChI is InChI=1S/C24H28FN5O3/c1-14-20(24(32)30-17-7-8-18(30)10-19(31)9-17)11-29-22(14)23(26-13-27-29)28-21(12-33-2)15-3-5-16(25)6-4-15/h3-6,11,13,17-19,21,31H,7-10,12H2,1-2H3,(H,26,27,28). The minimum Gasteiger partial charge on any atom is -0.393 e. The van der Waals surface area contributed by atoms with Gasteiger partial charge >= 0.3 is 0 Å². The van der Waals surface area contributed by atoms with Crippen molar-refractivity contribution in [2.75, 3.05) is 19.0 Å². The molecule has 33 heavy (non-hydrogen) atoms. The van der Waals surface area contributed by atoms with Crippen LogP contribution >= 0.6 is 0 Å². The van der Waals surface area contributed by atoms with E-state index in [9.17, 15) is 14.3 Å². The maximum absolute atomic E-state index is 13.6. The van der Waals surface area contributed by atoms with Crippen LogP contribution in [0.3, 0.4) is 0 Å². The Labute approximate surface area is 191 Å². The number of methoxy groups -OCH3 is 1. The number of nitrogens with zero attached hydrogens (tertiary/aromatic N) is 4. The molecular weight excluding hydrogens is 425 g/mol. The van der Waals surface area contributed by atoms with Gasteiger partial charge < -0.3 is 20.1 Å². The number of aromatic nitrogens is 3. The molecule has 2 aromatic heterocycles. The molecule has 2 bridgehead atoms. The number of amides is 1. The Hall–Kier alpha value is -3.04. The van der Waals surface area contributed by atoms with Gasteiger partial charge in [0.2, 0.25) is 0 Å². The van der Waals surface area contributed by atoms with Crippen LogP contribution in [0.5, 0.6) is 0 Å². The highest BCUT2D eigenvalue weighted by atomic mass is 19.1. The van der Waals surface area contributed by atoms with Gasteiger partial charge in [0.1, 0.15) is 17.7 Å². The van der Waals surface area contributed by atoms with Gasteiger partial charge in [0, 0.05) is 25.4 Å². The summed E-state index contributed by atoms with van der Waals surface area (Å²) in [6.07, 6.45) is 6.01. The average Bonchev–Trinajstić information content (AvgIpc) is 3.28. The van der Waals surface area contributed by atoms with Gasteiger partial charge in [0.05, 0.1) is 24.3 Å². The zero-order valence-electron chi connectivity index (χ0n) is 18.7. The number of rotatable bonds is 6. The number of piperidine rings is 1. The Morgan fingerprint density at radius 2 is 1.97 bits per heavy atom. The molecule has 5 rings (SSSR count). The Balaban J connectivity index is 1.48. The van der Waals surface area contributed by atoms with E-state index in [1.54, 1.807) is 30.0 Å². The molecule has 2 saturated heterocycles. The van der Waals surface area contributed by atoms with Crippen molar-refractivity contribution < 1.29 is 19.0 Å². The second-order valence-corrected chi connectivity index (χ2v) is 9.00. The second-order valence-electron chi connectivity index (χ2n) is 9.00. The van der Waals surface area contributed by atoms with E-state index in [1.165, 1.54) is 18.5 Å². The maximum atomic E-state index is 13.6. The van der Waals surface area contributed by atoms with Gasteiger partial charge in [-0.25, -0.2) is 13.9 Å². The monoisotopic (exact) mass is 453 g/mol. The van der Waals surface area contributed by atoms with Crippen molar-refractivity contribution in [3.63, 3.8) is 0 Å². The summed E-state index contributed by atoms with van der Waals surface area (Å²) in [6.45, 7) is 2.26. The number of hydrogen-bond acceptors (Lipinski definition) is 6. The first-order chi connectivity index (χ1) is 16.0. The molecule has 3 atom stereocenters. The molecule has 2 aliphatic rings. The Bertz CT molecular complexity index is 1150. The summed E-state index contributed by atoms with van der Waals surface area (Å²) >= 11 is 0. The highest BCUT2D eigenvalue weighted by Crippen LogP contribution is 2.38. The predicted octanol–water partition coefficient (Wildman–Crippen LogP) is 3.10. The summed E-state index contributed by atoms with van der Waals surface area (Å²) in [5, 5.41) is 17.8. The summed E-state index contributed by atoms with van der Waals surface area (Å²) in [5.74, 6) is 0.254. The number of nitrogens with one attached hydrogen (secondary N) is 1. The summed E-state index contributed by atoms with van der Waals surface area (Å²) in [4.78, 5) is 20.0. The van der Waals surface area contributed by atoms with Crippen molar-refractivity contribution in [2.45, 2.75) is 56.8 Å². The fraction of sp³-hybridized carbons (Fsp3) is 0.458. The van der Waals surface area contributed by atoms with Crippen LogP contribution in [-0.2, 0) is 4.74 Å². The number of anilines is 1. The van der Waals surface area contributed by atoms with Crippen molar-refractivity contribution in [2.24, 2.45) is 0 Å². The van der Waals surface area contributed by atoms with Crippen LogP contribution in [0.15, 0.2) is 36.8 Å². The lowest BCUT2D eigenvalue weighted by Gasteiger charge is -2.37. The van der Waals surface area contributed by atoms with E-state index < -0.39 is 0 Å². The number of aryl methyl sites for hydroxylation is 1. The van der Waals surface area contributed by atoms with Gasteiger partial charge in [-0.1, -0.05) is 12.1 Å². The molecule has 3 unspecified atom stereocenters. The molecule has 0 saturated carbocycles. The first-order valence-electron chi connectivity index (χ1n) is 11.3. The topological polar surface area (TPSA) is 92.0 Å². The van der Waals surface area contributed by atoms with Crippen molar-refractivity contribution in [1.29, 1.82) is 0 Å². The van der Waals surface area contributed by atoms with Gasteiger partial charge in [-0.15, -0.1) is 0 Å². The SMILES string of the molecule is COCC(Nc1ncnn2cc(C(=O)N3C4CCC3CC(O)C4)c(C)c12)c1ccc(F)cc1. The number of halogens is 1. The molecule has 9 heteroatoms. The Morgan fingerprint density at radius 3 is 2.64 bits per heavy atom. The predicted molar refractivity (Wildman–Crippen MR) is 121 cm³/mol. The van der Waals surface area contributed by atoms with Gasteiger partial charge in [-0.3, -0.25) is 4.79 Å². The molecule has 0 spiro atoms. The normalized spacial score (nSPS) is 23.2. The summed E-state index contributed by atoms with van der Waals surface area (Å²) in [5.41, 5.74) is 2.97. The van der Waals surface area contributed by atoms with E-state index in [0.717, 1.165) is 24.0 Å². The van der Waals surface area contributed by atoms with Gasteiger partial charge in [-0.2, -0.15) is 5.10 Å². The molecule has 1 aromatic carbocycles.